The van der Waals surface area contributed by atoms with Crippen molar-refractivity contribution in [1.82, 2.24) is 4.90 Å². The summed E-state index contributed by atoms with van der Waals surface area (Å²) in [6, 6.07) is 8.67. The van der Waals surface area contributed by atoms with Gasteiger partial charge in [-0.25, -0.2) is 4.39 Å². The van der Waals surface area contributed by atoms with Crippen molar-refractivity contribution in [3.8, 4) is 0 Å². The smallest absolute Gasteiger partial charge is 0.249 e. The summed E-state index contributed by atoms with van der Waals surface area (Å²) in [4.78, 5) is 14.6. The summed E-state index contributed by atoms with van der Waals surface area (Å²) in [5.41, 5.74) is 7.05. The molecule has 110 valence electrons. The molecule has 21 heavy (non-hydrogen) atoms. The fourth-order valence-electron chi connectivity index (χ4n) is 2.80. The van der Waals surface area contributed by atoms with Gasteiger partial charge in [0.05, 0.1) is 5.56 Å². The Bertz CT molecular complexity index is 638. The molecular weight excluding hydrogens is 287 g/mol. The van der Waals surface area contributed by atoms with Gasteiger partial charge in [-0.2, -0.15) is 0 Å². The topological polar surface area (TPSA) is 46.3 Å². The maximum Gasteiger partial charge on any atom is 0.249 e. The van der Waals surface area contributed by atoms with E-state index in [4.69, 9.17) is 5.73 Å². The number of amides is 1. The predicted octanol–water partition coefficient (Wildman–Crippen LogP) is 2.98. The fraction of sp³-hybridized carbons (Fsp3) is 0.312. The third kappa shape index (κ3) is 3.31. The zero-order chi connectivity index (χ0) is 14.8. The van der Waals surface area contributed by atoms with Crippen LogP contribution >= 0.6 is 11.3 Å². The van der Waals surface area contributed by atoms with E-state index in [9.17, 15) is 9.18 Å². The zero-order valence-electron chi connectivity index (χ0n) is 11.6. The van der Waals surface area contributed by atoms with E-state index < -0.39 is 0 Å². The van der Waals surface area contributed by atoms with Crippen molar-refractivity contribution in [2.75, 3.05) is 13.1 Å². The number of benzene rings is 1. The molecule has 3 nitrogen and oxygen atoms in total. The Morgan fingerprint density at radius 3 is 2.81 bits per heavy atom. The molecule has 0 bridgehead atoms. The minimum atomic E-state index is -0.372. The number of nitrogens with zero attached hydrogens (tertiary/aromatic N) is 1. The van der Waals surface area contributed by atoms with Crippen molar-refractivity contribution < 1.29 is 9.18 Å². The largest absolute Gasteiger partial charge is 0.366 e. The van der Waals surface area contributed by atoms with E-state index in [0.717, 1.165) is 30.9 Å². The second-order valence-corrected chi connectivity index (χ2v) is 6.43. The maximum atomic E-state index is 13.0. The first-order valence-corrected chi connectivity index (χ1v) is 7.85. The Hall–Kier alpha value is -1.72. The third-order valence-corrected chi connectivity index (χ3v) is 4.85. The molecule has 1 aliphatic heterocycles. The molecule has 0 spiro atoms. The number of hydrogen-bond acceptors (Lipinski definition) is 3. The van der Waals surface area contributed by atoms with Crippen LogP contribution in [0.15, 0.2) is 35.7 Å². The van der Waals surface area contributed by atoms with Crippen LogP contribution in [0.2, 0.25) is 0 Å². The number of thiophene rings is 1. The van der Waals surface area contributed by atoms with Crippen LogP contribution in [0.1, 0.15) is 33.1 Å². The van der Waals surface area contributed by atoms with Crippen LogP contribution in [0, 0.1) is 5.82 Å². The van der Waals surface area contributed by atoms with Crippen LogP contribution in [0.25, 0.3) is 0 Å². The van der Waals surface area contributed by atoms with E-state index >= 15 is 0 Å². The highest BCUT2D eigenvalue weighted by Crippen LogP contribution is 2.29. The van der Waals surface area contributed by atoms with E-state index in [2.05, 4.69) is 4.90 Å². The van der Waals surface area contributed by atoms with Gasteiger partial charge in [-0.05, 0) is 42.6 Å². The van der Waals surface area contributed by atoms with Crippen molar-refractivity contribution >= 4 is 17.2 Å². The Kier molecular flexibility index (Phi) is 4.03. The molecule has 1 aliphatic rings. The lowest BCUT2D eigenvalue weighted by Gasteiger charge is -2.15. The maximum absolute atomic E-state index is 13.0. The molecule has 2 heterocycles. The first-order valence-electron chi connectivity index (χ1n) is 6.97. The molecule has 2 N–H and O–H groups in total. The van der Waals surface area contributed by atoms with E-state index in [1.165, 1.54) is 17.7 Å². The second-order valence-electron chi connectivity index (χ2n) is 5.44. The summed E-state index contributed by atoms with van der Waals surface area (Å²) in [6.45, 7) is 2.83. The Morgan fingerprint density at radius 1 is 1.38 bits per heavy atom. The summed E-state index contributed by atoms with van der Waals surface area (Å²) in [7, 11) is 0. The molecule has 0 radical (unpaired) electrons. The lowest BCUT2D eigenvalue weighted by atomic mass is 9.99. The van der Waals surface area contributed by atoms with Gasteiger partial charge in [0.25, 0.3) is 0 Å². The average molecular weight is 304 g/mol. The number of likely N-dealkylation sites (tertiary alicyclic amines) is 1. The number of primary amides is 1. The van der Waals surface area contributed by atoms with E-state index in [1.54, 1.807) is 11.3 Å². The highest BCUT2D eigenvalue weighted by atomic mass is 32.1. The minimum Gasteiger partial charge on any atom is -0.366 e. The first-order chi connectivity index (χ1) is 10.1. The van der Waals surface area contributed by atoms with Gasteiger partial charge in [0.15, 0.2) is 0 Å². The molecule has 1 atom stereocenters. The number of nitrogens with two attached hydrogens (primary N) is 1. The van der Waals surface area contributed by atoms with Crippen LogP contribution in [-0.2, 0) is 6.54 Å². The normalized spacial score (nSPS) is 19.0. The second kappa shape index (κ2) is 5.95. The average Bonchev–Trinajstić information content (AvgIpc) is 3.10. The summed E-state index contributed by atoms with van der Waals surface area (Å²) < 4.78 is 13.0. The van der Waals surface area contributed by atoms with Gasteiger partial charge in [0.1, 0.15) is 5.82 Å². The minimum absolute atomic E-state index is 0.189. The molecule has 1 fully saturated rings. The first kappa shape index (κ1) is 14.2. The van der Waals surface area contributed by atoms with Gasteiger partial charge < -0.3 is 5.73 Å². The SMILES string of the molecule is NC(=O)c1csc(CN2CC[C@H](c3ccc(F)cc3)C2)c1. The number of rotatable bonds is 4. The van der Waals surface area contributed by atoms with E-state index in [-0.39, 0.29) is 11.7 Å². The number of hydrogen-bond donors (Lipinski definition) is 1. The van der Waals surface area contributed by atoms with Crippen LogP contribution < -0.4 is 5.73 Å². The number of carbonyl (C=O) groups is 1. The molecule has 2 aromatic rings. The van der Waals surface area contributed by atoms with Crippen molar-refractivity contribution in [2.45, 2.75) is 18.9 Å². The summed E-state index contributed by atoms with van der Waals surface area (Å²) >= 11 is 1.57. The monoisotopic (exact) mass is 304 g/mol. The fourth-order valence-corrected chi connectivity index (χ4v) is 3.71. The van der Waals surface area contributed by atoms with Gasteiger partial charge in [-0.3, -0.25) is 9.69 Å². The molecule has 1 saturated heterocycles. The molecule has 1 aromatic heterocycles. The van der Waals surface area contributed by atoms with Gasteiger partial charge in [0, 0.05) is 23.3 Å². The van der Waals surface area contributed by atoms with E-state index in [1.807, 2.05) is 23.6 Å². The van der Waals surface area contributed by atoms with Crippen LogP contribution in [0.5, 0.6) is 0 Å². The van der Waals surface area contributed by atoms with Crippen molar-refractivity contribution in [1.29, 1.82) is 0 Å². The highest BCUT2D eigenvalue weighted by molar-refractivity contribution is 7.10. The molecule has 0 saturated carbocycles. The van der Waals surface area contributed by atoms with Crippen LogP contribution in [-0.4, -0.2) is 23.9 Å². The van der Waals surface area contributed by atoms with E-state index in [0.29, 0.717) is 11.5 Å². The quantitative estimate of drug-likeness (QED) is 0.944. The predicted molar refractivity (Wildman–Crippen MR) is 81.9 cm³/mol. The molecule has 3 rings (SSSR count). The summed E-state index contributed by atoms with van der Waals surface area (Å²) in [5.74, 6) is -0.101. The molecular formula is C16H17FN2OS. The molecule has 0 aliphatic carbocycles. The Morgan fingerprint density at radius 2 is 2.14 bits per heavy atom. The standard InChI is InChI=1S/C16H17FN2OS/c17-14-3-1-11(2-4-14)12-5-6-19(8-12)9-15-7-13(10-21-15)16(18)20/h1-4,7,10,12H,5-6,8-9H2,(H2,18,20)/t12-/m0/s1. The van der Waals surface area contributed by atoms with Gasteiger partial charge >= 0.3 is 0 Å². The molecule has 0 unspecified atom stereocenters. The summed E-state index contributed by atoms with van der Waals surface area (Å²) in [6.07, 6.45) is 1.08. The number of halogens is 1. The molecule has 1 amide bonds. The Labute approximate surface area is 127 Å². The zero-order valence-corrected chi connectivity index (χ0v) is 12.4. The van der Waals surface area contributed by atoms with Crippen LogP contribution in [0.4, 0.5) is 4.39 Å². The lowest BCUT2D eigenvalue weighted by molar-refractivity contribution is 0.100. The summed E-state index contributed by atoms with van der Waals surface area (Å²) in [5, 5.41) is 1.81. The van der Waals surface area contributed by atoms with Crippen molar-refractivity contribution in [3.05, 3.63) is 57.5 Å². The van der Waals surface area contributed by atoms with Gasteiger partial charge in [-0.1, -0.05) is 12.1 Å². The van der Waals surface area contributed by atoms with Crippen LogP contribution in [0.3, 0.4) is 0 Å². The Balaban J connectivity index is 1.61. The van der Waals surface area contributed by atoms with Crippen molar-refractivity contribution in [3.63, 3.8) is 0 Å². The molecule has 5 heteroatoms. The molecule has 1 aromatic carbocycles. The van der Waals surface area contributed by atoms with Crippen molar-refractivity contribution in [2.24, 2.45) is 5.73 Å². The highest BCUT2D eigenvalue weighted by Gasteiger charge is 2.24. The van der Waals surface area contributed by atoms with Gasteiger partial charge in [0.2, 0.25) is 5.91 Å². The number of carbonyl (C=O) groups excluding carboxylic acids is 1. The third-order valence-electron chi connectivity index (χ3n) is 3.93. The van der Waals surface area contributed by atoms with Gasteiger partial charge in [-0.15, -0.1) is 11.3 Å². The lowest BCUT2D eigenvalue weighted by Crippen LogP contribution is -2.19.